The molecule has 31 heavy (non-hydrogen) atoms. The Balaban J connectivity index is 2.65. The topological polar surface area (TPSA) is 20.2 Å². The number of benzene rings is 1. The summed E-state index contributed by atoms with van der Waals surface area (Å²) >= 11 is 0. The van der Waals surface area contributed by atoms with Crippen molar-refractivity contribution >= 4 is 0 Å². The Morgan fingerprint density at radius 2 is 0.839 bits per heavy atom. The second-order valence-corrected chi connectivity index (χ2v) is 9.75. The summed E-state index contributed by atoms with van der Waals surface area (Å²) in [6, 6.07) is 4.22. The van der Waals surface area contributed by atoms with Gasteiger partial charge in [0, 0.05) is 0 Å². The van der Waals surface area contributed by atoms with Crippen LogP contribution in [0.1, 0.15) is 153 Å². The molecule has 0 aliphatic rings. The molecule has 0 saturated carbocycles. The van der Waals surface area contributed by atoms with Gasteiger partial charge in [-0.3, -0.25) is 0 Å². The maximum Gasteiger partial charge on any atom is 0.119 e. The number of phenolic OH excluding ortho intramolecular Hbond substituents is 1. The summed E-state index contributed by atoms with van der Waals surface area (Å²) in [6.45, 7) is 6.86. The molecule has 1 rings (SSSR count). The third-order valence-electron chi connectivity index (χ3n) is 6.86. The first-order valence-corrected chi connectivity index (χ1v) is 14.1. The lowest BCUT2D eigenvalue weighted by atomic mass is 9.89. The first-order valence-electron chi connectivity index (χ1n) is 14.1. The molecule has 180 valence electrons. The van der Waals surface area contributed by atoms with Crippen LogP contribution in [-0.2, 0) is 19.3 Å². The standard InChI is InChI=1S/C30H54O/c1-4-7-10-13-15-18-21-24-29-28(23-20-17-14-11-8-5-2)27(25-26-30(29)31)22-19-16-12-9-6-3/h25-26,31H,4-24H2,1-3H3. The molecule has 0 radical (unpaired) electrons. The normalized spacial score (nSPS) is 11.3. The van der Waals surface area contributed by atoms with Crippen molar-refractivity contribution in [3.63, 3.8) is 0 Å². The Bertz CT molecular complexity index is 533. The van der Waals surface area contributed by atoms with Crippen LogP contribution in [0.15, 0.2) is 12.1 Å². The van der Waals surface area contributed by atoms with Gasteiger partial charge in [-0.05, 0) is 61.3 Å². The molecule has 1 aromatic carbocycles. The molecule has 0 saturated heterocycles. The van der Waals surface area contributed by atoms with E-state index >= 15 is 0 Å². The van der Waals surface area contributed by atoms with Crippen LogP contribution >= 0.6 is 0 Å². The lowest BCUT2D eigenvalue weighted by Crippen LogP contribution is -2.03. The molecule has 0 aliphatic heterocycles. The average molecular weight is 431 g/mol. The predicted molar refractivity (Wildman–Crippen MR) is 139 cm³/mol. The lowest BCUT2D eigenvalue weighted by molar-refractivity contribution is 0.463. The van der Waals surface area contributed by atoms with E-state index in [4.69, 9.17) is 0 Å². The number of hydrogen-bond donors (Lipinski definition) is 1. The van der Waals surface area contributed by atoms with Gasteiger partial charge in [0.05, 0.1) is 0 Å². The Kier molecular flexibility index (Phi) is 17.8. The highest BCUT2D eigenvalue weighted by Gasteiger charge is 2.13. The maximum absolute atomic E-state index is 10.7. The molecule has 0 bridgehead atoms. The summed E-state index contributed by atoms with van der Waals surface area (Å²) in [6.07, 6.45) is 27.5. The van der Waals surface area contributed by atoms with Crippen molar-refractivity contribution in [1.29, 1.82) is 0 Å². The second kappa shape index (κ2) is 19.7. The summed E-state index contributed by atoms with van der Waals surface area (Å²) in [5.41, 5.74) is 4.32. The zero-order valence-electron chi connectivity index (χ0n) is 21.5. The summed E-state index contributed by atoms with van der Waals surface area (Å²) in [5.74, 6) is 0.557. The Hall–Kier alpha value is -0.980. The molecule has 1 nitrogen and oxygen atoms in total. The van der Waals surface area contributed by atoms with Gasteiger partial charge < -0.3 is 5.11 Å². The fourth-order valence-electron chi connectivity index (χ4n) is 4.81. The molecule has 0 spiro atoms. The molecular formula is C30H54O. The van der Waals surface area contributed by atoms with E-state index in [2.05, 4.69) is 26.8 Å². The van der Waals surface area contributed by atoms with Gasteiger partial charge in [-0.1, -0.05) is 123 Å². The van der Waals surface area contributed by atoms with Crippen LogP contribution in [0.4, 0.5) is 0 Å². The molecule has 0 fully saturated rings. The highest BCUT2D eigenvalue weighted by molar-refractivity contribution is 5.45. The largest absolute Gasteiger partial charge is 0.508 e. The fourth-order valence-corrected chi connectivity index (χ4v) is 4.81. The van der Waals surface area contributed by atoms with Gasteiger partial charge in [-0.25, -0.2) is 0 Å². The van der Waals surface area contributed by atoms with Gasteiger partial charge >= 0.3 is 0 Å². The molecule has 0 unspecified atom stereocenters. The minimum Gasteiger partial charge on any atom is -0.508 e. The van der Waals surface area contributed by atoms with Crippen LogP contribution in [0, 0.1) is 0 Å². The van der Waals surface area contributed by atoms with Gasteiger partial charge in [-0.2, -0.15) is 0 Å². The molecule has 1 N–H and O–H groups in total. The first kappa shape index (κ1) is 28.1. The summed E-state index contributed by atoms with van der Waals surface area (Å²) in [4.78, 5) is 0. The SMILES string of the molecule is CCCCCCCCCc1c(O)ccc(CCCCCCC)c1CCCCCCCC. The Morgan fingerprint density at radius 3 is 1.32 bits per heavy atom. The molecule has 0 aliphatic carbocycles. The molecule has 0 atom stereocenters. The van der Waals surface area contributed by atoms with E-state index in [1.165, 1.54) is 139 Å². The van der Waals surface area contributed by atoms with E-state index in [0.29, 0.717) is 5.75 Å². The summed E-state index contributed by atoms with van der Waals surface area (Å²) in [5, 5.41) is 10.7. The van der Waals surface area contributed by atoms with Crippen molar-refractivity contribution in [1.82, 2.24) is 0 Å². The predicted octanol–water partition coefficient (Wildman–Crippen LogP) is 10.1. The first-order chi connectivity index (χ1) is 15.2. The van der Waals surface area contributed by atoms with E-state index in [9.17, 15) is 5.11 Å². The Labute approximate surface area is 195 Å². The van der Waals surface area contributed by atoms with E-state index < -0.39 is 0 Å². The van der Waals surface area contributed by atoms with Crippen molar-refractivity contribution < 1.29 is 5.11 Å². The van der Waals surface area contributed by atoms with Crippen LogP contribution in [0.25, 0.3) is 0 Å². The molecule has 1 heteroatoms. The molecule has 0 aromatic heterocycles. The highest BCUT2D eigenvalue weighted by Crippen LogP contribution is 2.30. The highest BCUT2D eigenvalue weighted by atomic mass is 16.3. The number of hydrogen-bond acceptors (Lipinski definition) is 1. The second-order valence-electron chi connectivity index (χ2n) is 9.75. The van der Waals surface area contributed by atoms with Gasteiger partial charge in [0.15, 0.2) is 0 Å². The third kappa shape index (κ3) is 13.2. The average Bonchev–Trinajstić information content (AvgIpc) is 2.77. The zero-order valence-corrected chi connectivity index (χ0v) is 21.5. The smallest absolute Gasteiger partial charge is 0.119 e. The number of rotatable bonds is 21. The molecule has 0 amide bonds. The molecular weight excluding hydrogens is 376 g/mol. The van der Waals surface area contributed by atoms with Crippen LogP contribution in [0.3, 0.4) is 0 Å². The third-order valence-corrected chi connectivity index (χ3v) is 6.86. The van der Waals surface area contributed by atoms with Crippen molar-refractivity contribution in [3.05, 3.63) is 28.8 Å². The quantitative estimate of drug-likeness (QED) is 0.192. The molecule has 0 heterocycles. The van der Waals surface area contributed by atoms with E-state index in [1.807, 2.05) is 6.07 Å². The zero-order chi connectivity index (χ0) is 22.6. The van der Waals surface area contributed by atoms with Gasteiger partial charge in [-0.15, -0.1) is 0 Å². The number of aryl methyl sites for hydroxylation is 1. The Morgan fingerprint density at radius 1 is 0.452 bits per heavy atom. The monoisotopic (exact) mass is 430 g/mol. The van der Waals surface area contributed by atoms with E-state index in [0.717, 1.165) is 12.8 Å². The molecule has 1 aromatic rings. The fraction of sp³-hybridized carbons (Fsp3) is 0.800. The minimum atomic E-state index is 0.557. The minimum absolute atomic E-state index is 0.557. The number of phenols is 1. The lowest BCUT2D eigenvalue weighted by Gasteiger charge is -2.17. The van der Waals surface area contributed by atoms with E-state index in [1.54, 1.807) is 0 Å². The van der Waals surface area contributed by atoms with Crippen molar-refractivity contribution in [2.75, 3.05) is 0 Å². The van der Waals surface area contributed by atoms with Crippen LogP contribution in [0.2, 0.25) is 0 Å². The number of unbranched alkanes of at least 4 members (excludes halogenated alkanes) is 15. The summed E-state index contributed by atoms with van der Waals surface area (Å²) < 4.78 is 0. The van der Waals surface area contributed by atoms with Gasteiger partial charge in [0.25, 0.3) is 0 Å². The van der Waals surface area contributed by atoms with Gasteiger partial charge in [0.2, 0.25) is 0 Å². The van der Waals surface area contributed by atoms with Crippen molar-refractivity contribution in [2.24, 2.45) is 0 Å². The van der Waals surface area contributed by atoms with E-state index in [-0.39, 0.29) is 0 Å². The van der Waals surface area contributed by atoms with Crippen LogP contribution in [-0.4, -0.2) is 5.11 Å². The summed E-state index contributed by atoms with van der Waals surface area (Å²) in [7, 11) is 0. The van der Waals surface area contributed by atoms with Crippen molar-refractivity contribution in [2.45, 2.75) is 156 Å². The van der Waals surface area contributed by atoms with Crippen molar-refractivity contribution in [3.8, 4) is 5.75 Å². The van der Waals surface area contributed by atoms with Crippen LogP contribution in [0.5, 0.6) is 5.75 Å². The number of aromatic hydroxyl groups is 1. The van der Waals surface area contributed by atoms with Crippen LogP contribution < -0.4 is 0 Å². The van der Waals surface area contributed by atoms with Gasteiger partial charge in [0.1, 0.15) is 5.75 Å². The maximum atomic E-state index is 10.7.